The fraction of sp³-hybridized carbons (Fsp3) is 0.286. The van der Waals surface area contributed by atoms with Gasteiger partial charge in [-0.15, -0.1) is 0 Å². The standard InChI is InChI=1S/C14H17N5/c1-3-8-18-12-7-5-4-6-11(12)16-14(18)19-13(15)9-10(2)17-19/h4-7,9H,3,8,15H2,1-2H3. The average Bonchev–Trinajstić information content (AvgIpc) is 2.91. The van der Waals surface area contributed by atoms with E-state index in [1.54, 1.807) is 4.68 Å². The molecule has 5 heteroatoms. The fourth-order valence-electron chi connectivity index (χ4n) is 2.35. The number of nitrogens with two attached hydrogens (primary N) is 1. The molecule has 1 aromatic carbocycles. The molecule has 0 aliphatic carbocycles. The van der Waals surface area contributed by atoms with Gasteiger partial charge in [0, 0.05) is 12.6 Å². The van der Waals surface area contributed by atoms with Crippen molar-refractivity contribution in [3.63, 3.8) is 0 Å². The van der Waals surface area contributed by atoms with Gasteiger partial charge in [0.1, 0.15) is 5.82 Å². The lowest BCUT2D eigenvalue weighted by atomic mass is 10.3. The van der Waals surface area contributed by atoms with Crippen LogP contribution in [0.15, 0.2) is 30.3 Å². The maximum Gasteiger partial charge on any atom is 0.233 e. The number of hydrogen-bond donors (Lipinski definition) is 1. The first-order valence-corrected chi connectivity index (χ1v) is 6.48. The van der Waals surface area contributed by atoms with E-state index in [0.29, 0.717) is 5.82 Å². The van der Waals surface area contributed by atoms with Gasteiger partial charge in [-0.1, -0.05) is 19.1 Å². The van der Waals surface area contributed by atoms with Crippen LogP contribution in [0.5, 0.6) is 0 Å². The second-order valence-electron chi connectivity index (χ2n) is 4.67. The summed E-state index contributed by atoms with van der Waals surface area (Å²) in [6.45, 7) is 4.98. The number of nitrogen functional groups attached to an aromatic ring is 1. The second-order valence-corrected chi connectivity index (χ2v) is 4.67. The van der Waals surface area contributed by atoms with Crippen LogP contribution in [-0.2, 0) is 6.54 Å². The molecule has 0 bridgehead atoms. The van der Waals surface area contributed by atoms with Crippen LogP contribution in [0.3, 0.4) is 0 Å². The first-order chi connectivity index (χ1) is 9.20. The van der Waals surface area contributed by atoms with Gasteiger partial charge in [-0.25, -0.2) is 4.98 Å². The molecule has 2 aromatic heterocycles. The molecule has 0 saturated carbocycles. The van der Waals surface area contributed by atoms with Crippen LogP contribution in [0.25, 0.3) is 17.0 Å². The van der Waals surface area contributed by atoms with E-state index in [-0.39, 0.29) is 0 Å². The van der Waals surface area contributed by atoms with Crippen molar-refractivity contribution >= 4 is 16.9 Å². The lowest BCUT2D eigenvalue weighted by Gasteiger charge is -2.08. The van der Waals surface area contributed by atoms with E-state index in [1.165, 1.54) is 0 Å². The summed E-state index contributed by atoms with van der Waals surface area (Å²) in [4.78, 5) is 4.66. The Bertz CT molecular complexity index is 723. The Balaban J connectivity index is 2.27. The maximum absolute atomic E-state index is 6.01. The zero-order chi connectivity index (χ0) is 13.4. The summed E-state index contributed by atoms with van der Waals surface area (Å²) in [6, 6.07) is 9.96. The summed E-state index contributed by atoms with van der Waals surface area (Å²) in [5.41, 5.74) is 8.99. The Morgan fingerprint density at radius 1 is 1.26 bits per heavy atom. The van der Waals surface area contributed by atoms with Crippen LogP contribution < -0.4 is 5.73 Å². The smallest absolute Gasteiger partial charge is 0.233 e. The van der Waals surface area contributed by atoms with Crippen molar-refractivity contribution in [2.24, 2.45) is 0 Å². The zero-order valence-electron chi connectivity index (χ0n) is 11.2. The molecule has 0 radical (unpaired) electrons. The van der Waals surface area contributed by atoms with Gasteiger partial charge in [0.2, 0.25) is 5.95 Å². The van der Waals surface area contributed by atoms with E-state index in [9.17, 15) is 0 Å². The molecule has 2 N–H and O–H groups in total. The van der Waals surface area contributed by atoms with Gasteiger partial charge in [0.25, 0.3) is 0 Å². The fourth-order valence-corrected chi connectivity index (χ4v) is 2.35. The van der Waals surface area contributed by atoms with Gasteiger partial charge in [0.05, 0.1) is 16.7 Å². The van der Waals surface area contributed by atoms with E-state index in [0.717, 1.165) is 35.6 Å². The quantitative estimate of drug-likeness (QED) is 0.782. The van der Waals surface area contributed by atoms with Crippen molar-refractivity contribution in [1.29, 1.82) is 0 Å². The monoisotopic (exact) mass is 255 g/mol. The number of fused-ring (bicyclic) bond motifs is 1. The number of hydrogen-bond acceptors (Lipinski definition) is 3. The highest BCUT2D eigenvalue weighted by Gasteiger charge is 2.14. The van der Waals surface area contributed by atoms with Crippen molar-refractivity contribution < 1.29 is 0 Å². The minimum atomic E-state index is 0.616. The predicted molar refractivity (Wildman–Crippen MR) is 76.3 cm³/mol. The van der Waals surface area contributed by atoms with Crippen LogP contribution >= 0.6 is 0 Å². The molecule has 0 aliphatic rings. The molecule has 0 unspecified atom stereocenters. The molecule has 3 rings (SSSR count). The summed E-state index contributed by atoms with van der Waals surface area (Å²) in [5.74, 6) is 1.40. The van der Waals surface area contributed by atoms with Crippen LogP contribution in [0.4, 0.5) is 5.82 Å². The van der Waals surface area contributed by atoms with Crippen LogP contribution in [-0.4, -0.2) is 19.3 Å². The summed E-state index contributed by atoms with van der Waals surface area (Å²) in [7, 11) is 0. The van der Waals surface area contributed by atoms with Crippen LogP contribution in [0.1, 0.15) is 19.0 Å². The molecular weight excluding hydrogens is 238 g/mol. The topological polar surface area (TPSA) is 61.7 Å². The first-order valence-electron chi connectivity index (χ1n) is 6.48. The summed E-state index contributed by atoms with van der Waals surface area (Å²) in [6.07, 6.45) is 1.04. The normalized spacial score (nSPS) is 11.3. The number of para-hydroxylation sites is 2. The van der Waals surface area contributed by atoms with E-state index >= 15 is 0 Å². The Kier molecular flexibility index (Phi) is 2.74. The number of imidazole rings is 1. The van der Waals surface area contributed by atoms with E-state index in [4.69, 9.17) is 5.73 Å². The van der Waals surface area contributed by atoms with Crippen molar-refractivity contribution in [1.82, 2.24) is 19.3 Å². The molecule has 5 nitrogen and oxygen atoms in total. The van der Waals surface area contributed by atoms with Gasteiger partial charge >= 0.3 is 0 Å². The summed E-state index contributed by atoms with van der Waals surface area (Å²) in [5, 5.41) is 4.43. The lowest BCUT2D eigenvalue weighted by Crippen LogP contribution is -2.10. The highest BCUT2D eigenvalue weighted by Crippen LogP contribution is 2.21. The molecule has 0 aliphatic heterocycles. The Morgan fingerprint density at radius 3 is 2.74 bits per heavy atom. The molecule has 0 atom stereocenters. The number of benzene rings is 1. The van der Waals surface area contributed by atoms with Crippen molar-refractivity contribution in [3.05, 3.63) is 36.0 Å². The summed E-state index contributed by atoms with van der Waals surface area (Å²) < 4.78 is 3.88. The zero-order valence-corrected chi connectivity index (χ0v) is 11.2. The number of anilines is 1. The molecular formula is C14H17N5. The van der Waals surface area contributed by atoms with Gasteiger partial charge in [0.15, 0.2) is 0 Å². The largest absolute Gasteiger partial charge is 0.383 e. The highest BCUT2D eigenvalue weighted by molar-refractivity contribution is 5.77. The average molecular weight is 255 g/mol. The van der Waals surface area contributed by atoms with E-state index in [2.05, 4.69) is 27.6 Å². The van der Waals surface area contributed by atoms with Gasteiger partial charge in [-0.05, 0) is 25.5 Å². The van der Waals surface area contributed by atoms with E-state index in [1.807, 2.05) is 31.2 Å². The Morgan fingerprint density at radius 2 is 2.05 bits per heavy atom. The Labute approximate surface area is 111 Å². The summed E-state index contributed by atoms with van der Waals surface area (Å²) >= 11 is 0. The maximum atomic E-state index is 6.01. The van der Waals surface area contributed by atoms with Crippen molar-refractivity contribution in [2.75, 3.05) is 5.73 Å². The minimum absolute atomic E-state index is 0.616. The molecule has 19 heavy (non-hydrogen) atoms. The second kappa shape index (κ2) is 4.42. The minimum Gasteiger partial charge on any atom is -0.383 e. The number of aromatic nitrogens is 4. The molecule has 0 fully saturated rings. The molecule has 0 spiro atoms. The highest BCUT2D eigenvalue weighted by atomic mass is 15.4. The first kappa shape index (κ1) is 11.8. The van der Waals surface area contributed by atoms with Crippen molar-refractivity contribution in [2.45, 2.75) is 26.8 Å². The van der Waals surface area contributed by atoms with Crippen LogP contribution in [0, 0.1) is 6.92 Å². The Hall–Kier alpha value is -2.30. The van der Waals surface area contributed by atoms with E-state index < -0.39 is 0 Å². The lowest BCUT2D eigenvalue weighted by molar-refractivity contribution is 0.652. The van der Waals surface area contributed by atoms with Crippen molar-refractivity contribution in [3.8, 4) is 5.95 Å². The molecule has 0 amide bonds. The van der Waals surface area contributed by atoms with Gasteiger partial charge < -0.3 is 10.3 Å². The third-order valence-electron chi connectivity index (χ3n) is 3.13. The third-order valence-corrected chi connectivity index (χ3v) is 3.13. The SMILES string of the molecule is CCCn1c(-n2nc(C)cc2N)nc2ccccc21. The number of nitrogens with zero attached hydrogens (tertiary/aromatic N) is 4. The van der Waals surface area contributed by atoms with Gasteiger partial charge in [-0.3, -0.25) is 0 Å². The third kappa shape index (κ3) is 1.87. The van der Waals surface area contributed by atoms with Gasteiger partial charge in [-0.2, -0.15) is 9.78 Å². The number of rotatable bonds is 3. The molecule has 0 saturated heterocycles. The molecule has 98 valence electrons. The number of aryl methyl sites for hydroxylation is 2. The predicted octanol–water partition coefficient (Wildman–Crippen LogP) is 2.52. The molecule has 2 heterocycles. The molecule has 3 aromatic rings. The van der Waals surface area contributed by atoms with Crippen LogP contribution in [0.2, 0.25) is 0 Å².